The van der Waals surface area contributed by atoms with Crippen LogP contribution in [0.2, 0.25) is 0 Å². The number of nitrogens with one attached hydrogen (secondary N) is 1. The minimum Gasteiger partial charge on any atom is -0.385 e. The molecule has 0 unspecified atom stereocenters. The van der Waals surface area contributed by atoms with Gasteiger partial charge in [-0.2, -0.15) is 0 Å². The maximum absolute atomic E-state index is 3.52. The van der Waals surface area contributed by atoms with Crippen molar-refractivity contribution in [2.75, 3.05) is 32.5 Å². The summed E-state index contributed by atoms with van der Waals surface area (Å²) in [6.07, 6.45) is 1.17. The maximum atomic E-state index is 3.52. The molecule has 16 heavy (non-hydrogen) atoms. The number of hydrogen-bond acceptors (Lipinski definition) is 2. The molecule has 0 aromatic heterocycles. The third kappa shape index (κ3) is 4.14. The molecule has 3 heteroatoms. The highest BCUT2D eigenvalue weighted by Crippen LogP contribution is 2.24. The fourth-order valence-corrected chi connectivity index (χ4v) is 2.48. The van der Waals surface area contributed by atoms with E-state index < -0.39 is 0 Å². The van der Waals surface area contributed by atoms with Crippen molar-refractivity contribution in [3.63, 3.8) is 0 Å². The smallest absolute Gasteiger partial charge is 0.0400 e. The molecule has 1 rings (SSSR count). The Labute approximate surface area is 107 Å². The average molecular weight is 285 g/mol. The fourth-order valence-electron chi connectivity index (χ4n) is 1.80. The number of rotatable bonds is 5. The van der Waals surface area contributed by atoms with Crippen LogP contribution in [-0.2, 0) is 0 Å². The summed E-state index contributed by atoms with van der Waals surface area (Å²) < 4.78 is 1.15. The molecular formula is C13H21BrN2. The second kappa shape index (κ2) is 6.26. The van der Waals surface area contributed by atoms with E-state index in [1.165, 1.54) is 23.2 Å². The van der Waals surface area contributed by atoms with Gasteiger partial charge in [-0.15, -0.1) is 0 Å². The molecular weight excluding hydrogens is 264 g/mol. The molecule has 0 saturated carbocycles. The van der Waals surface area contributed by atoms with Gasteiger partial charge in [0.2, 0.25) is 0 Å². The Kier molecular flexibility index (Phi) is 5.29. The molecule has 0 aliphatic heterocycles. The number of nitrogens with zero attached hydrogens (tertiary/aromatic N) is 1. The Morgan fingerprint density at radius 3 is 2.25 bits per heavy atom. The standard InChI is InChI=1S/C13H21BrN2/c1-10-8-12(14)9-11(2)13(10)15-6-5-7-16(3)4/h8-9,15H,5-7H2,1-4H3. The van der Waals surface area contributed by atoms with Crippen molar-refractivity contribution < 1.29 is 0 Å². The summed E-state index contributed by atoms with van der Waals surface area (Å²) in [5, 5.41) is 3.52. The second-order valence-electron chi connectivity index (χ2n) is 4.50. The van der Waals surface area contributed by atoms with E-state index >= 15 is 0 Å². The van der Waals surface area contributed by atoms with Crippen LogP contribution in [0, 0.1) is 13.8 Å². The van der Waals surface area contributed by atoms with Crippen LogP contribution < -0.4 is 5.32 Å². The van der Waals surface area contributed by atoms with E-state index in [0.29, 0.717) is 0 Å². The first kappa shape index (κ1) is 13.5. The topological polar surface area (TPSA) is 15.3 Å². The highest BCUT2D eigenvalue weighted by Gasteiger charge is 2.03. The SMILES string of the molecule is Cc1cc(Br)cc(C)c1NCCCN(C)C. The Hall–Kier alpha value is -0.540. The third-order valence-electron chi connectivity index (χ3n) is 2.58. The van der Waals surface area contributed by atoms with Crippen LogP contribution in [0.1, 0.15) is 17.5 Å². The molecule has 0 heterocycles. The highest BCUT2D eigenvalue weighted by molar-refractivity contribution is 9.10. The molecule has 2 nitrogen and oxygen atoms in total. The van der Waals surface area contributed by atoms with E-state index in [2.05, 4.69) is 66.2 Å². The number of halogens is 1. The fraction of sp³-hybridized carbons (Fsp3) is 0.538. The zero-order chi connectivity index (χ0) is 12.1. The first-order chi connectivity index (χ1) is 7.50. The van der Waals surface area contributed by atoms with Crippen LogP contribution >= 0.6 is 15.9 Å². The molecule has 0 spiro atoms. The summed E-state index contributed by atoms with van der Waals surface area (Å²) in [5.74, 6) is 0. The zero-order valence-corrected chi connectivity index (χ0v) is 12.2. The van der Waals surface area contributed by atoms with Gasteiger partial charge in [0.15, 0.2) is 0 Å². The lowest BCUT2D eigenvalue weighted by molar-refractivity contribution is 0.405. The number of hydrogen-bond donors (Lipinski definition) is 1. The monoisotopic (exact) mass is 284 g/mol. The molecule has 0 bridgehead atoms. The first-order valence-corrected chi connectivity index (χ1v) is 6.45. The van der Waals surface area contributed by atoms with Gasteiger partial charge in [0.1, 0.15) is 0 Å². The van der Waals surface area contributed by atoms with E-state index in [4.69, 9.17) is 0 Å². The van der Waals surface area contributed by atoms with Gasteiger partial charge in [0.25, 0.3) is 0 Å². The summed E-state index contributed by atoms with van der Waals surface area (Å²) in [6, 6.07) is 4.31. The maximum Gasteiger partial charge on any atom is 0.0400 e. The summed E-state index contributed by atoms with van der Waals surface area (Å²) >= 11 is 3.51. The lowest BCUT2D eigenvalue weighted by atomic mass is 10.1. The van der Waals surface area contributed by atoms with Crippen molar-refractivity contribution in [2.24, 2.45) is 0 Å². The molecule has 1 aromatic rings. The lowest BCUT2D eigenvalue weighted by Crippen LogP contribution is -2.16. The van der Waals surface area contributed by atoms with Crippen LogP contribution in [-0.4, -0.2) is 32.1 Å². The minimum absolute atomic E-state index is 1.03. The predicted octanol–water partition coefficient (Wildman–Crippen LogP) is 3.43. The molecule has 0 fully saturated rings. The molecule has 1 N–H and O–H groups in total. The lowest BCUT2D eigenvalue weighted by Gasteiger charge is -2.14. The molecule has 1 aromatic carbocycles. The molecule has 0 aliphatic rings. The molecule has 0 saturated heterocycles. The van der Waals surface area contributed by atoms with Gasteiger partial charge >= 0.3 is 0 Å². The molecule has 0 aliphatic carbocycles. The van der Waals surface area contributed by atoms with E-state index in [-0.39, 0.29) is 0 Å². The van der Waals surface area contributed by atoms with E-state index in [9.17, 15) is 0 Å². The van der Waals surface area contributed by atoms with Crippen molar-refractivity contribution in [3.05, 3.63) is 27.7 Å². The van der Waals surface area contributed by atoms with Crippen LogP contribution in [0.5, 0.6) is 0 Å². The normalized spacial score (nSPS) is 10.9. The highest BCUT2D eigenvalue weighted by atomic mass is 79.9. The van der Waals surface area contributed by atoms with Gasteiger partial charge in [0, 0.05) is 16.7 Å². The number of benzene rings is 1. The van der Waals surface area contributed by atoms with E-state index in [1.807, 2.05) is 0 Å². The van der Waals surface area contributed by atoms with Gasteiger partial charge in [-0.25, -0.2) is 0 Å². The van der Waals surface area contributed by atoms with Gasteiger partial charge in [-0.05, 0) is 64.2 Å². The molecule has 0 radical (unpaired) electrons. The summed E-state index contributed by atoms with van der Waals surface area (Å²) in [5.41, 5.74) is 3.88. The Balaban J connectivity index is 2.54. The molecule has 90 valence electrons. The minimum atomic E-state index is 1.03. The Bertz CT molecular complexity index is 325. The quantitative estimate of drug-likeness (QED) is 0.834. The number of anilines is 1. The van der Waals surface area contributed by atoms with Crippen LogP contribution in [0.25, 0.3) is 0 Å². The summed E-state index contributed by atoms with van der Waals surface area (Å²) in [4.78, 5) is 2.21. The van der Waals surface area contributed by atoms with Crippen molar-refractivity contribution in [1.82, 2.24) is 4.90 Å². The van der Waals surface area contributed by atoms with E-state index in [0.717, 1.165) is 17.6 Å². The summed E-state index contributed by atoms with van der Waals surface area (Å²) in [6.45, 7) is 6.45. The molecule has 0 atom stereocenters. The zero-order valence-electron chi connectivity index (χ0n) is 10.6. The van der Waals surface area contributed by atoms with Crippen LogP contribution in [0.15, 0.2) is 16.6 Å². The third-order valence-corrected chi connectivity index (χ3v) is 3.04. The second-order valence-corrected chi connectivity index (χ2v) is 5.41. The van der Waals surface area contributed by atoms with Crippen molar-refractivity contribution in [1.29, 1.82) is 0 Å². The van der Waals surface area contributed by atoms with Crippen molar-refractivity contribution in [3.8, 4) is 0 Å². The van der Waals surface area contributed by atoms with Crippen molar-refractivity contribution >= 4 is 21.6 Å². The van der Waals surface area contributed by atoms with Gasteiger partial charge in [0.05, 0.1) is 0 Å². The first-order valence-electron chi connectivity index (χ1n) is 5.66. The van der Waals surface area contributed by atoms with Gasteiger partial charge in [-0.3, -0.25) is 0 Å². The van der Waals surface area contributed by atoms with Crippen molar-refractivity contribution in [2.45, 2.75) is 20.3 Å². The van der Waals surface area contributed by atoms with Crippen LogP contribution in [0.4, 0.5) is 5.69 Å². The van der Waals surface area contributed by atoms with Crippen LogP contribution in [0.3, 0.4) is 0 Å². The number of aryl methyl sites for hydroxylation is 2. The summed E-state index contributed by atoms with van der Waals surface area (Å²) in [7, 11) is 4.21. The Morgan fingerprint density at radius 2 is 1.75 bits per heavy atom. The average Bonchev–Trinajstić information content (AvgIpc) is 2.14. The van der Waals surface area contributed by atoms with Gasteiger partial charge in [-0.1, -0.05) is 15.9 Å². The predicted molar refractivity (Wildman–Crippen MR) is 75.3 cm³/mol. The van der Waals surface area contributed by atoms with Gasteiger partial charge < -0.3 is 10.2 Å². The van der Waals surface area contributed by atoms with E-state index in [1.54, 1.807) is 0 Å². The largest absolute Gasteiger partial charge is 0.385 e. The Morgan fingerprint density at radius 1 is 1.19 bits per heavy atom. The molecule has 0 amide bonds.